The standard InChI is InChI=1S/C31H26ClN7OS2/c1-20-24(32)8-5-9-25(20)39-28(22-10-12-33-13-11-22)36-37-31(39)42-30-27-23(21-6-3-2-4-7-21)19-41-29(27)34-26(35-30)18-38-14-16-40-17-15-38/h2-13,19H,14-18H2,1H3. The zero-order valence-electron chi connectivity index (χ0n) is 22.8. The van der Waals surface area contributed by atoms with Gasteiger partial charge in [-0.2, -0.15) is 0 Å². The van der Waals surface area contributed by atoms with Crippen molar-refractivity contribution in [3.05, 3.63) is 94.8 Å². The van der Waals surface area contributed by atoms with Crippen molar-refractivity contribution in [2.24, 2.45) is 0 Å². The summed E-state index contributed by atoms with van der Waals surface area (Å²) in [6, 6.07) is 20.1. The summed E-state index contributed by atoms with van der Waals surface area (Å²) in [4.78, 5) is 17.7. The van der Waals surface area contributed by atoms with Crippen molar-refractivity contribution in [1.82, 2.24) is 34.6 Å². The Kier molecular flexibility index (Phi) is 7.70. The van der Waals surface area contributed by atoms with Crippen LogP contribution in [0.25, 0.3) is 38.4 Å². The fourth-order valence-electron chi connectivity index (χ4n) is 5.05. The number of thiophene rings is 1. The Morgan fingerprint density at radius 1 is 0.929 bits per heavy atom. The monoisotopic (exact) mass is 611 g/mol. The number of benzene rings is 2. The molecule has 8 nitrogen and oxygen atoms in total. The number of ether oxygens (including phenoxy) is 1. The van der Waals surface area contributed by atoms with E-state index in [2.05, 4.69) is 49.2 Å². The van der Waals surface area contributed by atoms with E-state index in [1.165, 1.54) is 11.8 Å². The summed E-state index contributed by atoms with van der Waals surface area (Å²) in [5, 5.41) is 14.8. The molecule has 0 N–H and O–H groups in total. The molecule has 6 aromatic rings. The first-order valence-corrected chi connectivity index (χ1v) is 15.7. The van der Waals surface area contributed by atoms with Crippen molar-refractivity contribution in [3.63, 3.8) is 0 Å². The lowest BCUT2D eigenvalue weighted by atomic mass is 10.1. The van der Waals surface area contributed by atoms with E-state index in [1.807, 2.05) is 43.3 Å². The molecule has 0 bridgehead atoms. The Morgan fingerprint density at radius 3 is 2.55 bits per heavy atom. The molecular weight excluding hydrogens is 586 g/mol. The van der Waals surface area contributed by atoms with Crippen molar-refractivity contribution >= 4 is 44.9 Å². The molecule has 0 atom stereocenters. The van der Waals surface area contributed by atoms with Crippen LogP contribution in [0.2, 0.25) is 5.02 Å². The van der Waals surface area contributed by atoms with Crippen molar-refractivity contribution < 1.29 is 4.74 Å². The van der Waals surface area contributed by atoms with E-state index in [-0.39, 0.29) is 0 Å². The van der Waals surface area contributed by atoms with Crippen LogP contribution in [0.3, 0.4) is 0 Å². The summed E-state index contributed by atoms with van der Waals surface area (Å²) in [7, 11) is 0. The van der Waals surface area contributed by atoms with Crippen LogP contribution in [-0.2, 0) is 11.3 Å². The lowest BCUT2D eigenvalue weighted by Crippen LogP contribution is -2.36. The third kappa shape index (κ3) is 5.32. The van der Waals surface area contributed by atoms with Crippen molar-refractivity contribution in [3.8, 4) is 28.2 Å². The number of aromatic nitrogens is 6. The number of nitrogens with zero attached hydrogens (tertiary/aromatic N) is 7. The van der Waals surface area contributed by atoms with E-state index in [0.717, 1.165) is 75.3 Å². The quantitative estimate of drug-likeness (QED) is 0.179. The normalized spacial score (nSPS) is 14.0. The molecule has 0 aliphatic carbocycles. The molecule has 1 aliphatic rings. The van der Waals surface area contributed by atoms with Gasteiger partial charge in [-0.05, 0) is 54.1 Å². The molecule has 0 amide bonds. The number of halogens is 1. The summed E-state index contributed by atoms with van der Waals surface area (Å²) >= 11 is 9.75. The molecule has 2 aromatic carbocycles. The average molecular weight is 612 g/mol. The van der Waals surface area contributed by atoms with Crippen LogP contribution in [-0.4, -0.2) is 60.9 Å². The maximum atomic E-state index is 6.60. The van der Waals surface area contributed by atoms with E-state index in [4.69, 9.17) is 31.4 Å². The minimum absolute atomic E-state index is 0.661. The van der Waals surface area contributed by atoms with E-state index in [1.54, 1.807) is 23.7 Å². The minimum Gasteiger partial charge on any atom is -0.379 e. The Balaban J connectivity index is 1.40. The second-order valence-electron chi connectivity index (χ2n) is 9.89. The van der Waals surface area contributed by atoms with Gasteiger partial charge in [0.1, 0.15) is 15.7 Å². The van der Waals surface area contributed by atoms with E-state index < -0.39 is 0 Å². The molecule has 0 spiro atoms. The lowest BCUT2D eigenvalue weighted by Gasteiger charge is -2.25. The number of fused-ring (bicyclic) bond motifs is 1. The first kappa shape index (κ1) is 27.2. The van der Waals surface area contributed by atoms with Gasteiger partial charge in [-0.25, -0.2) is 9.97 Å². The van der Waals surface area contributed by atoms with Gasteiger partial charge in [-0.3, -0.25) is 14.5 Å². The highest BCUT2D eigenvalue weighted by Gasteiger charge is 2.23. The molecule has 1 saturated heterocycles. The van der Waals surface area contributed by atoms with Gasteiger partial charge in [0, 0.05) is 47.0 Å². The van der Waals surface area contributed by atoms with Crippen LogP contribution in [0.1, 0.15) is 11.4 Å². The Morgan fingerprint density at radius 2 is 1.74 bits per heavy atom. The highest BCUT2D eigenvalue weighted by atomic mass is 35.5. The van der Waals surface area contributed by atoms with Crippen LogP contribution in [0.5, 0.6) is 0 Å². The number of hydrogen-bond acceptors (Lipinski definition) is 9. The molecule has 7 rings (SSSR count). The second-order valence-corrected chi connectivity index (χ2v) is 12.1. The van der Waals surface area contributed by atoms with Gasteiger partial charge in [-0.1, -0.05) is 48.0 Å². The summed E-state index contributed by atoms with van der Waals surface area (Å²) < 4.78 is 7.62. The third-order valence-electron chi connectivity index (χ3n) is 7.24. The van der Waals surface area contributed by atoms with E-state index in [9.17, 15) is 0 Å². The topological polar surface area (TPSA) is 81.9 Å². The summed E-state index contributed by atoms with van der Waals surface area (Å²) in [6.07, 6.45) is 3.52. The zero-order chi connectivity index (χ0) is 28.5. The Hall–Kier alpha value is -3.67. The van der Waals surface area contributed by atoms with Crippen LogP contribution in [0.15, 0.2) is 88.6 Å². The van der Waals surface area contributed by atoms with Gasteiger partial charge >= 0.3 is 0 Å². The second kappa shape index (κ2) is 11.9. The van der Waals surface area contributed by atoms with Crippen LogP contribution in [0.4, 0.5) is 0 Å². The van der Waals surface area contributed by atoms with Crippen LogP contribution < -0.4 is 0 Å². The molecular formula is C31H26ClN7OS2. The highest BCUT2D eigenvalue weighted by Crippen LogP contribution is 2.42. The summed E-state index contributed by atoms with van der Waals surface area (Å²) in [5.41, 5.74) is 4.99. The first-order valence-electron chi connectivity index (χ1n) is 13.6. The fourth-order valence-corrected chi connectivity index (χ4v) is 7.24. The largest absolute Gasteiger partial charge is 0.379 e. The molecule has 0 radical (unpaired) electrons. The third-order valence-corrected chi connectivity index (χ3v) is 9.46. The Bertz CT molecular complexity index is 1850. The van der Waals surface area contributed by atoms with Gasteiger partial charge in [-0.15, -0.1) is 21.5 Å². The number of morpholine rings is 1. The van der Waals surface area contributed by atoms with Gasteiger partial charge in [0.25, 0.3) is 0 Å². The molecule has 0 unspecified atom stereocenters. The molecule has 210 valence electrons. The van der Waals surface area contributed by atoms with Crippen molar-refractivity contribution in [1.29, 1.82) is 0 Å². The molecule has 1 fully saturated rings. The summed E-state index contributed by atoms with van der Waals surface area (Å²) in [5.74, 6) is 1.49. The summed E-state index contributed by atoms with van der Waals surface area (Å²) in [6.45, 7) is 5.84. The van der Waals surface area contributed by atoms with E-state index >= 15 is 0 Å². The van der Waals surface area contributed by atoms with Gasteiger partial charge in [0.05, 0.1) is 30.8 Å². The first-order chi connectivity index (χ1) is 20.7. The number of rotatable bonds is 7. The SMILES string of the molecule is Cc1c(Cl)cccc1-n1c(Sc2nc(CN3CCOCC3)nc3scc(-c4ccccc4)c23)nnc1-c1ccncc1. The predicted octanol–water partition coefficient (Wildman–Crippen LogP) is 6.95. The van der Waals surface area contributed by atoms with Crippen LogP contribution in [0, 0.1) is 6.92 Å². The maximum Gasteiger partial charge on any atom is 0.202 e. The molecule has 11 heteroatoms. The minimum atomic E-state index is 0.661. The molecule has 4 aromatic heterocycles. The van der Waals surface area contributed by atoms with Gasteiger partial charge in [0.15, 0.2) is 5.82 Å². The number of pyridine rings is 1. The molecule has 42 heavy (non-hydrogen) atoms. The molecule has 1 aliphatic heterocycles. The fraction of sp³-hybridized carbons (Fsp3) is 0.194. The molecule has 5 heterocycles. The average Bonchev–Trinajstić information content (AvgIpc) is 3.65. The van der Waals surface area contributed by atoms with E-state index in [0.29, 0.717) is 22.5 Å². The van der Waals surface area contributed by atoms with Crippen molar-refractivity contribution in [2.45, 2.75) is 23.7 Å². The molecule has 0 saturated carbocycles. The predicted molar refractivity (Wildman–Crippen MR) is 167 cm³/mol. The smallest absolute Gasteiger partial charge is 0.202 e. The maximum absolute atomic E-state index is 6.60. The highest BCUT2D eigenvalue weighted by molar-refractivity contribution is 7.99. The lowest BCUT2D eigenvalue weighted by molar-refractivity contribution is 0.0330. The van der Waals surface area contributed by atoms with Gasteiger partial charge in [0.2, 0.25) is 5.16 Å². The van der Waals surface area contributed by atoms with Crippen LogP contribution >= 0.6 is 34.7 Å². The van der Waals surface area contributed by atoms with Crippen molar-refractivity contribution in [2.75, 3.05) is 26.3 Å². The zero-order valence-corrected chi connectivity index (χ0v) is 25.2. The number of hydrogen-bond donors (Lipinski definition) is 0. The van der Waals surface area contributed by atoms with Gasteiger partial charge < -0.3 is 4.74 Å². The Labute approximate surface area is 256 Å².